The lowest BCUT2D eigenvalue weighted by atomic mass is 10.1. The van der Waals surface area contributed by atoms with Gasteiger partial charge in [0.05, 0.1) is 35.9 Å². The highest BCUT2D eigenvalue weighted by atomic mass is 32.2. The molecule has 11 heteroatoms. The van der Waals surface area contributed by atoms with E-state index in [1.54, 1.807) is 37.9 Å². The summed E-state index contributed by atoms with van der Waals surface area (Å²) in [5.41, 5.74) is 3.94. The number of hydrogen-bond acceptors (Lipinski definition) is 7. The van der Waals surface area contributed by atoms with Crippen molar-refractivity contribution >= 4 is 32.7 Å². The Kier molecular flexibility index (Phi) is 9.87. The van der Waals surface area contributed by atoms with Crippen molar-refractivity contribution in [3.8, 4) is 5.75 Å². The maximum absolute atomic E-state index is 13.2. The third-order valence-electron chi connectivity index (χ3n) is 6.67. The molecule has 1 aromatic heterocycles. The number of aryl methyl sites for hydroxylation is 2. The summed E-state index contributed by atoms with van der Waals surface area (Å²) >= 11 is 0. The molecule has 0 atom stereocenters. The summed E-state index contributed by atoms with van der Waals surface area (Å²) in [4.78, 5) is 33.7. The predicted molar refractivity (Wildman–Crippen MR) is 151 cm³/mol. The minimum absolute atomic E-state index is 0.00518. The van der Waals surface area contributed by atoms with E-state index in [1.807, 2.05) is 38.6 Å². The van der Waals surface area contributed by atoms with Gasteiger partial charge in [-0.05, 0) is 68.9 Å². The van der Waals surface area contributed by atoms with Crippen LogP contribution in [0.1, 0.15) is 29.5 Å². The van der Waals surface area contributed by atoms with Gasteiger partial charge in [-0.15, -0.1) is 0 Å². The normalized spacial score (nSPS) is 11.9. The third-order valence-corrected chi connectivity index (χ3v) is 8.78. The van der Waals surface area contributed by atoms with Crippen LogP contribution in [0, 0.1) is 13.8 Å². The number of amides is 1. The van der Waals surface area contributed by atoms with Crippen molar-refractivity contribution in [2.75, 3.05) is 48.4 Å². The number of benzene rings is 2. The third kappa shape index (κ3) is 7.43. The molecule has 10 nitrogen and oxygen atoms in total. The molecule has 3 rings (SSSR count). The number of rotatable bonds is 13. The summed E-state index contributed by atoms with van der Waals surface area (Å²) in [7, 11) is 4.76. The Morgan fingerprint density at radius 3 is 2.28 bits per heavy atom. The lowest BCUT2D eigenvalue weighted by Crippen LogP contribution is -2.34. The average molecular weight is 558 g/mol. The van der Waals surface area contributed by atoms with Gasteiger partial charge in [0.25, 0.3) is 0 Å². The van der Waals surface area contributed by atoms with Crippen LogP contribution in [0.5, 0.6) is 5.75 Å². The van der Waals surface area contributed by atoms with E-state index in [4.69, 9.17) is 4.74 Å². The van der Waals surface area contributed by atoms with E-state index in [2.05, 4.69) is 14.5 Å². The molecular formula is C28H39N5O5S. The molecule has 0 fully saturated rings. The highest BCUT2D eigenvalue weighted by molar-refractivity contribution is 7.89. The van der Waals surface area contributed by atoms with Crippen molar-refractivity contribution in [3.05, 3.63) is 53.3 Å². The molecule has 3 aromatic rings. The minimum atomic E-state index is -3.89. The number of fused-ring (bicyclic) bond motifs is 1. The van der Waals surface area contributed by atoms with Crippen molar-refractivity contribution < 1.29 is 22.7 Å². The average Bonchev–Trinajstić information content (AvgIpc) is 3.27. The number of nitrogens with zero attached hydrogens (tertiary/aromatic N) is 5. The molecule has 39 heavy (non-hydrogen) atoms. The van der Waals surface area contributed by atoms with Gasteiger partial charge in [0.1, 0.15) is 11.5 Å². The smallest absolute Gasteiger partial charge is 0.243 e. The van der Waals surface area contributed by atoms with E-state index in [1.165, 1.54) is 14.2 Å². The summed E-state index contributed by atoms with van der Waals surface area (Å²) < 4.78 is 34.7. The van der Waals surface area contributed by atoms with Gasteiger partial charge >= 0.3 is 0 Å². The van der Waals surface area contributed by atoms with Gasteiger partial charge in [0.2, 0.25) is 15.9 Å². The fraction of sp³-hybridized carbons (Fsp3) is 0.464. The molecule has 0 aliphatic heterocycles. The van der Waals surface area contributed by atoms with Gasteiger partial charge in [-0.25, -0.2) is 13.4 Å². The molecule has 0 radical (unpaired) electrons. The number of carbonyl (C=O) groups excluding carboxylic acids is 2. The molecule has 0 N–H and O–H groups in total. The largest absolute Gasteiger partial charge is 0.497 e. The van der Waals surface area contributed by atoms with Gasteiger partial charge in [-0.2, -0.15) is 4.31 Å². The van der Waals surface area contributed by atoms with Crippen LogP contribution in [0.15, 0.2) is 41.6 Å². The summed E-state index contributed by atoms with van der Waals surface area (Å²) in [6, 6.07) is 9.27. The Morgan fingerprint density at radius 1 is 1.00 bits per heavy atom. The van der Waals surface area contributed by atoms with Gasteiger partial charge in [0.15, 0.2) is 0 Å². The molecule has 0 unspecified atom stereocenters. The fourth-order valence-corrected chi connectivity index (χ4v) is 6.05. The molecular weight excluding hydrogens is 518 g/mol. The number of aromatic nitrogens is 2. The van der Waals surface area contributed by atoms with Crippen LogP contribution in [0.2, 0.25) is 0 Å². The van der Waals surface area contributed by atoms with Crippen molar-refractivity contribution in [1.82, 2.24) is 23.7 Å². The van der Waals surface area contributed by atoms with Crippen LogP contribution in [-0.4, -0.2) is 92.2 Å². The Balaban J connectivity index is 1.55. The molecule has 2 aromatic carbocycles. The monoisotopic (exact) mass is 557 g/mol. The summed E-state index contributed by atoms with van der Waals surface area (Å²) in [6.45, 7) is 5.22. The number of Topliss-reactive ketones (excluding diaryl/α,β-unsaturated/α-hetero) is 1. The lowest BCUT2D eigenvalue weighted by molar-refractivity contribution is -0.132. The highest BCUT2D eigenvalue weighted by Gasteiger charge is 2.27. The van der Waals surface area contributed by atoms with E-state index < -0.39 is 10.0 Å². The second-order valence-corrected chi connectivity index (χ2v) is 12.2. The van der Waals surface area contributed by atoms with E-state index in [9.17, 15) is 18.0 Å². The van der Waals surface area contributed by atoms with E-state index >= 15 is 0 Å². The SMILES string of the molecule is COc1cc(C)c(S(=O)(=O)N(C)CC(=O)CCC(=O)N(C)Cc2ccc3c(c2)ncn3CCN(C)C)c(C)c1. The fourth-order valence-electron chi connectivity index (χ4n) is 4.50. The Hall–Kier alpha value is -3.28. The number of imidazole rings is 1. The first-order valence-corrected chi connectivity index (χ1v) is 14.2. The van der Waals surface area contributed by atoms with Gasteiger partial charge in [0, 0.05) is 46.6 Å². The first-order valence-electron chi connectivity index (χ1n) is 12.8. The number of likely N-dealkylation sites (N-methyl/N-ethyl adjacent to an activating group) is 2. The Bertz CT molecular complexity index is 1420. The molecule has 0 saturated carbocycles. The molecule has 1 amide bonds. The molecule has 0 spiro atoms. The first kappa shape index (κ1) is 30.3. The maximum atomic E-state index is 13.2. The summed E-state index contributed by atoms with van der Waals surface area (Å²) in [5.74, 6) is 0.0588. The zero-order chi connectivity index (χ0) is 28.9. The van der Waals surface area contributed by atoms with Crippen LogP contribution in [-0.2, 0) is 32.7 Å². The van der Waals surface area contributed by atoms with Crippen molar-refractivity contribution in [2.45, 2.75) is 44.7 Å². The number of methoxy groups -OCH3 is 1. The van der Waals surface area contributed by atoms with Crippen molar-refractivity contribution in [3.63, 3.8) is 0 Å². The maximum Gasteiger partial charge on any atom is 0.243 e. The predicted octanol–water partition coefficient (Wildman–Crippen LogP) is 2.85. The van der Waals surface area contributed by atoms with Gasteiger partial charge in [-0.1, -0.05) is 6.07 Å². The van der Waals surface area contributed by atoms with E-state index in [-0.39, 0.29) is 36.0 Å². The molecule has 0 aliphatic carbocycles. The zero-order valence-electron chi connectivity index (χ0n) is 23.9. The van der Waals surface area contributed by atoms with Crippen LogP contribution >= 0.6 is 0 Å². The second-order valence-electron chi connectivity index (χ2n) is 10.2. The number of ketones is 1. The molecule has 0 aliphatic rings. The van der Waals surface area contributed by atoms with Crippen molar-refractivity contribution in [2.24, 2.45) is 0 Å². The Labute approximate surface area is 231 Å². The van der Waals surface area contributed by atoms with Gasteiger partial charge < -0.3 is 19.1 Å². The van der Waals surface area contributed by atoms with Crippen LogP contribution in [0.3, 0.4) is 0 Å². The topological polar surface area (TPSA) is 105 Å². The quantitative estimate of drug-likeness (QED) is 0.318. The minimum Gasteiger partial charge on any atom is -0.497 e. The van der Waals surface area contributed by atoms with Crippen LogP contribution < -0.4 is 4.74 Å². The number of carbonyl (C=O) groups is 2. The number of sulfonamides is 1. The van der Waals surface area contributed by atoms with Crippen LogP contribution in [0.25, 0.3) is 11.0 Å². The summed E-state index contributed by atoms with van der Waals surface area (Å²) in [5, 5.41) is 0. The first-order chi connectivity index (χ1) is 18.3. The highest BCUT2D eigenvalue weighted by Crippen LogP contribution is 2.27. The van der Waals surface area contributed by atoms with E-state index in [0.717, 1.165) is 34.0 Å². The molecule has 212 valence electrons. The second kappa shape index (κ2) is 12.7. The van der Waals surface area contributed by atoms with Crippen molar-refractivity contribution in [1.29, 1.82) is 0 Å². The van der Waals surface area contributed by atoms with E-state index in [0.29, 0.717) is 23.4 Å². The summed E-state index contributed by atoms with van der Waals surface area (Å²) in [6.07, 6.45) is 1.79. The lowest BCUT2D eigenvalue weighted by Gasteiger charge is -2.20. The van der Waals surface area contributed by atoms with Gasteiger partial charge in [-0.3, -0.25) is 9.59 Å². The Morgan fingerprint density at radius 2 is 1.67 bits per heavy atom. The van der Waals surface area contributed by atoms with Crippen LogP contribution in [0.4, 0.5) is 0 Å². The zero-order valence-corrected chi connectivity index (χ0v) is 24.7. The molecule has 1 heterocycles. The number of hydrogen-bond donors (Lipinski definition) is 0. The standard InChI is InChI=1S/C28H39N5O5S/c1-20-14-24(38-7)15-21(2)28(20)39(36,37)32(6)18-23(34)9-11-27(35)31(5)17-22-8-10-26-25(16-22)29-19-33(26)13-12-30(3)4/h8,10,14-16,19H,9,11-13,17-18H2,1-7H3. The number of ether oxygens (including phenoxy) is 1. The molecule has 0 bridgehead atoms. The molecule has 0 saturated heterocycles.